The molecule has 2 heterocycles. The fourth-order valence-corrected chi connectivity index (χ4v) is 6.24. The fraction of sp³-hybridized carbons (Fsp3) is 0.276. The van der Waals surface area contributed by atoms with E-state index in [0.717, 1.165) is 27.1 Å². The molecule has 0 amide bonds. The van der Waals surface area contributed by atoms with Crippen molar-refractivity contribution in [2.45, 2.75) is 42.2 Å². The van der Waals surface area contributed by atoms with Crippen molar-refractivity contribution >= 4 is 52.5 Å². The average molecular weight is 585 g/mol. The Balaban J connectivity index is 1.30. The SMILES string of the molecule is O=C1CCC(=O)OC2(CNCCc3c2ccc(Cl)c3SCc2ccc(C(=S)NCc3ccc(F)cc3)cc2)O1. The molecule has 0 aromatic heterocycles. The molecule has 3 aromatic rings. The molecule has 0 bridgehead atoms. The predicted octanol–water partition coefficient (Wildman–Crippen LogP) is 5.42. The van der Waals surface area contributed by atoms with Gasteiger partial charge < -0.3 is 20.1 Å². The van der Waals surface area contributed by atoms with Gasteiger partial charge in [-0.1, -0.05) is 60.2 Å². The number of hydrogen-bond donors (Lipinski definition) is 2. The highest BCUT2D eigenvalue weighted by molar-refractivity contribution is 7.98. The molecular weight excluding hydrogens is 559 g/mol. The number of thiocarbonyl (C=S) groups is 1. The van der Waals surface area contributed by atoms with Crippen molar-refractivity contribution in [1.82, 2.24) is 10.6 Å². The van der Waals surface area contributed by atoms with Crippen molar-refractivity contribution in [1.29, 1.82) is 0 Å². The third kappa shape index (κ3) is 6.44. The molecule has 2 aliphatic heterocycles. The summed E-state index contributed by atoms with van der Waals surface area (Å²) in [6.45, 7) is 1.31. The van der Waals surface area contributed by atoms with Crippen LogP contribution in [0.4, 0.5) is 4.39 Å². The van der Waals surface area contributed by atoms with Gasteiger partial charge in [0.1, 0.15) is 10.8 Å². The molecule has 202 valence electrons. The van der Waals surface area contributed by atoms with Crippen molar-refractivity contribution in [2.75, 3.05) is 13.1 Å². The molecule has 5 rings (SSSR count). The summed E-state index contributed by atoms with van der Waals surface area (Å²) in [5, 5.41) is 7.04. The number of carbonyl (C=O) groups is 2. The van der Waals surface area contributed by atoms with Crippen LogP contribution in [0.2, 0.25) is 5.02 Å². The standard InChI is InChI=1S/C29H26ClFN2O4S2/c30-24-10-9-23-22(13-14-32-17-29(23)36-25(34)11-12-26(35)37-29)27(24)39-16-19-1-5-20(6-2-19)28(38)33-15-18-3-7-21(31)8-4-18/h1-10,32H,11-17H2,(H,33,38). The van der Waals surface area contributed by atoms with Crippen molar-refractivity contribution < 1.29 is 23.5 Å². The number of nitrogens with one attached hydrogen (secondary N) is 2. The van der Waals surface area contributed by atoms with Gasteiger partial charge in [-0.05, 0) is 53.9 Å². The lowest BCUT2D eigenvalue weighted by molar-refractivity contribution is -0.225. The number of benzene rings is 3. The van der Waals surface area contributed by atoms with Crippen molar-refractivity contribution in [2.24, 2.45) is 0 Å². The van der Waals surface area contributed by atoms with Crippen molar-refractivity contribution in [3.8, 4) is 0 Å². The molecule has 1 fully saturated rings. The molecule has 3 aromatic carbocycles. The predicted molar refractivity (Wildman–Crippen MR) is 152 cm³/mol. The van der Waals surface area contributed by atoms with Gasteiger partial charge in [0.2, 0.25) is 0 Å². The Morgan fingerprint density at radius 2 is 1.64 bits per heavy atom. The molecule has 0 atom stereocenters. The zero-order valence-electron chi connectivity index (χ0n) is 20.9. The molecule has 0 radical (unpaired) electrons. The Morgan fingerprint density at radius 1 is 0.974 bits per heavy atom. The molecule has 0 aliphatic carbocycles. The summed E-state index contributed by atoms with van der Waals surface area (Å²) < 4.78 is 24.6. The van der Waals surface area contributed by atoms with Gasteiger partial charge >= 0.3 is 11.9 Å². The first-order valence-electron chi connectivity index (χ1n) is 12.5. The van der Waals surface area contributed by atoms with E-state index in [4.69, 9.17) is 33.3 Å². The number of thioether (sulfide) groups is 1. The largest absolute Gasteiger partial charge is 0.416 e. The lowest BCUT2D eigenvalue weighted by Gasteiger charge is -2.32. The van der Waals surface area contributed by atoms with Crippen LogP contribution in [-0.2, 0) is 43.6 Å². The molecule has 2 N–H and O–H groups in total. The minimum atomic E-state index is -1.51. The molecule has 0 unspecified atom stereocenters. The van der Waals surface area contributed by atoms with Gasteiger partial charge in [0, 0.05) is 28.3 Å². The zero-order chi connectivity index (χ0) is 27.4. The fourth-order valence-electron chi connectivity index (χ4n) is 4.59. The van der Waals surface area contributed by atoms with Crippen molar-refractivity contribution in [3.63, 3.8) is 0 Å². The van der Waals surface area contributed by atoms with Gasteiger partial charge in [-0.25, -0.2) is 4.39 Å². The number of rotatable bonds is 6. The van der Waals surface area contributed by atoms with Crippen LogP contribution >= 0.6 is 35.6 Å². The van der Waals surface area contributed by atoms with E-state index in [1.54, 1.807) is 36.0 Å². The summed E-state index contributed by atoms with van der Waals surface area (Å²) in [6.07, 6.45) is 0.626. The maximum Gasteiger partial charge on any atom is 0.309 e. The van der Waals surface area contributed by atoms with Gasteiger partial charge in [0.15, 0.2) is 0 Å². The minimum absolute atomic E-state index is 0.00764. The molecule has 1 spiro atoms. The summed E-state index contributed by atoms with van der Waals surface area (Å²) >= 11 is 13.8. The van der Waals surface area contributed by atoms with Gasteiger partial charge in [0.25, 0.3) is 5.79 Å². The first kappa shape index (κ1) is 27.6. The van der Waals surface area contributed by atoms with E-state index in [1.807, 2.05) is 24.3 Å². The Morgan fingerprint density at radius 3 is 2.33 bits per heavy atom. The Kier molecular flexibility index (Phi) is 8.52. The van der Waals surface area contributed by atoms with E-state index < -0.39 is 17.7 Å². The smallest absolute Gasteiger partial charge is 0.309 e. The highest BCUT2D eigenvalue weighted by Gasteiger charge is 2.45. The van der Waals surface area contributed by atoms with Gasteiger partial charge in [-0.2, -0.15) is 0 Å². The summed E-state index contributed by atoms with van der Waals surface area (Å²) in [7, 11) is 0. The third-order valence-corrected chi connectivity index (χ3v) is 8.63. The first-order valence-corrected chi connectivity index (χ1v) is 14.3. The minimum Gasteiger partial charge on any atom is -0.416 e. The Bertz CT molecular complexity index is 1380. The van der Waals surface area contributed by atoms with Gasteiger partial charge in [-0.15, -0.1) is 11.8 Å². The van der Waals surface area contributed by atoms with Gasteiger partial charge in [-0.3, -0.25) is 9.59 Å². The van der Waals surface area contributed by atoms with E-state index in [1.165, 1.54) is 12.1 Å². The normalized spacial score (nSPS) is 16.5. The van der Waals surface area contributed by atoms with Crippen molar-refractivity contribution in [3.05, 3.63) is 99.3 Å². The van der Waals surface area contributed by atoms with Crippen LogP contribution in [0, 0.1) is 5.82 Å². The summed E-state index contributed by atoms with van der Waals surface area (Å²) in [4.78, 5) is 26.2. The second kappa shape index (κ2) is 12.0. The molecular formula is C29H26ClFN2O4S2. The zero-order valence-corrected chi connectivity index (χ0v) is 23.3. The van der Waals surface area contributed by atoms with Crippen LogP contribution in [-0.4, -0.2) is 30.0 Å². The van der Waals surface area contributed by atoms with Crippen LogP contribution in [0.15, 0.2) is 65.6 Å². The van der Waals surface area contributed by atoms with Crippen LogP contribution in [0.5, 0.6) is 0 Å². The Labute approximate surface area is 240 Å². The molecule has 0 saturated carbocycles. The van der Waals surface area contributed by atoms with Crippen LogP contribution < -0.4 is 10.6 Å². The molecule has 10 heteroatoms. The molecule has 6 nitrogen and oxygen atoms in total. The first-order chi connectivity index (χ1) is 18.8. The maximum atomic E-state index is 13.1. The molecule has 2 aliphatic rings. The number of hydrogen-bond acceptors (Lipinski definition) is 7. The van der Waals surface area contributed by atoms with E-state index in [0.29, 0.717) is 40.8 Å². The second-order valence-corrected chi connectivity index (χ2v) is 11.1. The number of halogens is 2. The lowest BCUT2D eigenvalue weighted by atomic mass is 9.98. The highest BCUT2D eigenvalue weighted by atomic mass is 35.5. The van der Waals surface area contributed by atoms with E-state index in [2.05, 4.69) is 10.6 Å². The van der Waals surface area contributed by atoms with Gasteiger partial charge in [0.05, 0.1) is 24.4 Å². The average Bonchev–Trinajstić information content (AvgIpc) is 3.19. The monoisotopic (exact) mass is 584 g/mol. The summed E-state index contributed by atoms with van der Waals surface area (Å²) in [6, 6.07) is 17.8. The molecule has 1 saturated heterocycles. The summed E-state index contributed by atoms with van der Waals surface area (Å²) in [5.41, 5.74) is 4.46. The number of ether oxygens (including phenoxy) is 2. The Hall–Kier alpha value is -2.98. The van der Waals surface area contributed by atoms with E-state index >= 15 is 0 Å². The molecule has 39 heavy (non-hydrogen) atoms. The third-order valence-electron chi connectivity index (χ3n) is 6.59. The topological polar surface area (TPSA) is 76.7 Å². The van der Waals surface area contributed by atoms with E-state index in [9.17, 15) is 14.0 Å². The van der Waals surface area contributed by atoms with Crippen LogP contribution in [0.25, 0.3) is 0 Å². The van der Waals surface area contributed by atoms with E-state index in [-0.39, 0.29) is 25.2 Å². The maximum absolute atomic E-state index is 13.1. The quantitative estimate of drug-likeness (QED) is 0.226. The van der Waals surface area contributed by atoms with Crippen LogP contribution in [0.1, 0.15) is 40.7 Å². The summed E-state index contributed by atoms with van der Waals surface area (Å²) in [5.74, 6) is -2.06. The number of carbonyl (C=O) groups excluding carboxylic acids is 2. The second-order valence-electron chi connectivity index (χ2n) is 9.33. The van der Waals surface area contributed by atoms with Crippen LogP contribution in [0.3, 0.4) is 0 Å². The highest BCUT2D eigenvalue weighted by Crippen LogP contribution is 2.42. The lowest BCUT2D eigenvalue weighted by Crippen LogP contribution is -2.43. The number of esters is 2. The number of fused-ring (bicyclic) bond motifs is 2.